The van der Waals surface area contributed by atoms with Crippen LogP contribution in [0.1, 0.15) is 29.3 Å². The molecule has 0 atom stereocenters. The summed E-state index contributed by atoms with van der Waals surface area (Å²) in [6.45, 7) is 4.73. The molecule has 0 bridgehead atoms. The number of hydrogen-bond acceptors (Lipinski definition) is 6. The van der Waals surface area contributed by atoms with Gasteiger partial charge in [0, 0.05) is 23.0 Å². The van der Waals surface area contributed by atoms with Gasteiger partial charge in [-0.3, -0.25) is 4.79 Å². The maximum atomic E-state index is 13.6. The first-order chi connectivity index (χ1) is 17.7. The van der Waals surface area contributed by atoms with E-state index >= 15 is 0 Å². The molecule has 0 unspecified atom stereocenters. The number of ether oxygens (including phenoxy) is 2. The van der Waals surface area contributed by atoms with Crippen LogP contribution in [0.3, 0.4) is 0 Å². The SMILES string of the molecule is CCCN(CC(=O)N(CCc1ccc(OC)c(OC)c1)Cc1sccc1C)S(=O)(=O)c1ccc(Cl)cc1. The number of rotatable bonds is 13. The fourth-order valence-corrected chi connectivity index (χ4v) is 6.40. The number of nitrogens with zero attached hydrogens (tertiary/aromatic N) is 2. The minimum Gasteiger partial charge on any atom is -0.493 e. The van der Waals surface area contributed by atoms with Crippen molar-refractivity contribution in [2.75, 3.05) is 33.9 Å². The lowest BCUT2D eigenvalue weighted by atomic mass is 10.1. The topological polar surface area (TPSA) is 76.2 Å². The monoisotopic (exact) mass is 564 g/mol. The third kappa shape index (κ3) is 7.47. The number of halogens is 1. The van der Waals surface area contributed by atoms with Gasteiger partial charge in [0.25, 0.3) is 0 Å². The molecule has 0 saturated heterocycles. The second-order valence-electron chi connectivity index (χ2n) is 8.57. The largest absolute Gasteiger partial charge is 0.493 e. The normalized spacial score (nSPS) is 11.5. The smallest absolute Gasteiger partial charge is 0.243 e. The van der Waals surface area contributed by atoms with Crippen LogP contribution < -0.4 is 9.47 Å². The fourth-order valence-electron chi connectivity index (χ4n) is 3.87. The summed E-state index contributed by atoms with van der Waals surface area (Å²) >= 11 is 7.53. The van der Waals surface area contributed by atoms with Crippen molar-refractivity contribution in [1.29, 1.82) is 0 Å². The van der Waals surface area contributed by atoms with Crippen LogP contribution in [0.5, 0.6) is 11.5 Å². The lowest BCUT2D eigenvalue weighted by molar-refractivity contribution is -0.132. The number of amides is 1. The van der Waals surface area contributed by atoms with E-state index in [2.05, 4.69) is 0 Å². The molecule has 1 heterocycles. The Bertz CT molecular complexity index is 1290. The molecule has 0 radical (unpaired) electrons. The Balaban J connectivity index is 1.83. The molecule has 0 aliphatic carbocycles. The molecule has 0 aliphatic heterocycles. The second-order valence-corrected chi connectivity index (χ2v) is 11.9. The molecule has 0 aliphatic rings. The van der Waals surface area contributed by atoms with Gasteiger partial charge in [-0.25, -0.2) is 8.42 Å². The molecule has 37 heavy (non-hydrogen) atoms. The molecular weight excluding hydrogens is 532 g/mol. The summed E-state index contributed by atoms with van der Waals surface area (Å²) in [7, 11) is -0.695. The van der Waals surface area contributed by atoms with Crippen LogP contribution in [0.25, 0.3) is 0 Å². The summed E-state index contributed by atoms with van der Waals surface area (Å²) in [6, 6.07) is 13.7. The zero-order valence-electron chi connectivity index (χ0n) is 21.6. The zero-order valence-corrected chi connectivity index (χ0v) is 24.0. The van der Waals surface area contributed by atoms with Gasteiger partial charge in [0.1, 0.15) is 0 Å². The average molecular weight is 565 g/mol. The Morgan fingerprint density at radius 3 is 2.30 bits per heavy atom. The maximum absolute atomic E-state index is 13.6. The Labute approximate surface area is 228 Å². The number of benzene rings is 2. The highest BCUT2D eigenvalue weighted by Gasteiger charge is 2.28. The number of aryl methyl sites for hydroxylation is 1. The van der Waals surface area contributed by atoms with Crippen LogP contribution in [-0.4, -0.2) is 57.4 Å². The predicted octanol–water partition coefficient (Wildman–Crippen LogP) is 5.40. The van der Waals surface area contributed by atoms with Crippen LogP contribution in [0.15, 0.2) is 58.8 Å². The molecule has 0 saturated carbocycles. The van der Waals surface area contributed by atoms with E-state index in [4.69, 9.17) is 21.1 Å². The van der Waals surface area contributed by atoms with E-state index in [1.165, 1.54) is 28.6 Å². The summed E-state index contributed by atoms with van der Waals surface area (Å²) in [4.78, 5) is 16.5. The third-order valence-corrected chi connectivity index (χ3v) is 9.13. The Morgan fingerprint density at radius 1 is 1.00 bits per heavy atom. The van der Waals surface area contributed by atoms with Crippen molar-refractivity contribution in [3.05, 3.63) is 74.9 Å². The molecular formula is C27H33ClN2O5S2. The highest BCUT2D eigenvalue weighted by Crippen LogP contribution is 2.28. The highest BCUT2D eigenvalue weighted by atomic mass is 35.5. The number of hydrogen-bond donors (Lipinski definition) is 0. The van der Waals surface area contributed by atoms with Crippen molar-refractivity contribution in [1.82, 2.24) is 9.21 Å². The first-order valence-electron chi connectivity index (χ1n) is 12.0. The van der Waals surface area contributed by atoms with E-state index in [1.54, 1.807) is 30.5 Å². The number of thiophene rings is 1. The standard InChI is InChI=1S/C27H33ClN2O5S2/c1-5-14-30(37(32,33)23-9-7-22(28)8-10-23)19-27(31)29(18-26-20(2)13-16-36-26)15-12-21-6-11-24(34-3)25(17-21)35-4/h6-11,13,16-17H,5,12,14-15,18-19H2,1-4H3. The number of sulfonamides is 1. The van der Waals surface area contributed by atoms with Gasteiger partial charge in [-0.05, 0) is 78.7 Å². The van der Waals surface area contributed by atoms with Crippen LogP contribution in [0, 0.1) is 6.92 Å². The molecule has 10 heteroatoms. The highest BCUT2D eigenvalue weighted by molar-refractivity contribution is 7.89. The van der Waals surface area contributed by atoms with Crippen molar-refractivity contribution in [2.45, 2.75) is 38.1 Å². The number of carbonyl (C=O) groups is 1. The van der Waals surface area contributed by atoms with Crippen molar-refractivity contribution >= 4 is 38.9 Å². The minimum absolute atomic E-state index is 0.115. The summed E-state index contributed by atoms with van der Waals surface area (Å²) in [6.07, 6.45) is 1.16. The summed E-state index contributed by atoms with van der Waals surface area (Å²) < 4.78 is 38.7. The predicted molar refractivity (Wildman–Crippen MR) is 148 cm³/mol. The van der Waals surface area contributed by atoms with E-state index < -0.39 is 10.0 Å². The van der Waals surface area contributed by atoms with Gasteiger partial charge in [-0.2, -0.15) is 4.31 Å². The third-order valence-electron chi connectivity index (χ3n) is 6.01. The number of carbonyl (C=O) groups excluding carboxylic acids is 1. The van der Waals surface area contributed by atoms with Crippen LogP contribution in [-0.2, 0) is 27.8 Å². The Kier molecular flexibility index (Phi) is 10.4. The molecule has 7 nitrogen and oxygen atoms in total. The van der Waals surface area contributed by atoms with E-state index in [0.717, 1.165) is 16.0 Å². The molecule has 1 amide bonds. The van der Waals surface area contributed by atoms with Gasteiger partial charge < -0.3 is 14.4 Å². The first kappa shape index (κ1) is 29.0. The Hall–Kier alpha value is -2.59. The fraction of sp³-hybridized carbons (Fsp3) is 0.370. The Morgan fingerprint density at radius 2 is 1.70 bits per heavy atom. The van der Waals surface area contributed by atoms with Gasteiger partial charge >= 0.3 is 0 Å². The lowest BCUT2D eigenvalue weighted by Gasteiger charge is -2.27. The first-order valence-corrected chi connectivity index (χ1v) is 14.7. The summed E-state index contributed by atoms with van der Waals surface area (Å²) in [5, 5.41) is 2.44. The van der Waals surface area contributed by atoms with Gasteiger partial charge in [0.2, 0.25) is 15.9 Å². The molecule has 200 valence electrons. The quantitative estimate of drug-likeness (QED) is 0.278. The van der Waals surface area contributed by atoms with Crippen molar-refractivity contribution < 1.29 is 22.7 Å². The average Bonchev–Trinajstić information content (AvgIpc) is 3.30. The molecule has 0 spiro atoms. The van der Waals surface area contributed by atoms with Gasteiger partial charge in [-0.1, -0.05) is 24.6 Å². The van der Waals surface area contributed by atoms with Gasteiger partial charge in [0.05, 0.1) is 32.2 Å². The summed E-state index contributed by atoms with van der Waals surface area (Å²) in [5.74, 6) is 1.01. The molecule has 0 fully saturated rings. The molecule has 1 aromatic heterocycles. The van der Waals surface area contributed by atoms with E-state index in [1.807, 2.05) is 43.5 Å². The van der Waals surface area contributed by atoms with Crippen molar-refractivity contribution in [2.24, 2.45) is 0 Å². The van der Waals surface area contributed by atoms with Crippen molar-refractivity contribution in [3.8, 4) is 11.5 Å². The summed E-state index contributed by atoms with van der Waals surface area (Å²) in [5.41, 5.74) is 2.09. The molecule has 3 rings (SSSR count). The van der Waals surface area contributed by atoms with Gasteiger partial charge in [0.15, 0.2) is 11.5 Å². The van der Waals surface area contributed by atoms with Crippen LogP contribution >= 0.6 is 22.9 Å². The van der Waals surface area contributed by atoms with E-state index in [0.29, 0.717) is 42.5 Å². The number of methoxy groups -OCH3 is 2. The molecule has 0 N–H and O–H groups in total. The van der Waals surface area contributed by atoms with E-state index in [-0.39, 0.29) is 23.9 Å². The minimum atomic E-state index is -3.86. The van der Waals surface area contributed by atoms with Gasteiger partial charge in [-0.15, -0.1) is 11.3 Å². The maximum Gasteiger partial charge on any atom is 0.243 e. The van der Waals surface area contributed by atoms with E-state index in [9.17, 15) is 13.2 Å². The van der Waals surface area contributed by atoms with Crippen LogP contribution in [0.2, 0.25) is 5.02 Å². The van der Waals surface area contributed by atoms with Crippen molar-refractivity contribution in [3.63, 3.8) is 0 Å². The molecule has 2 aromatic carbocycles. The lowest BCUT2D eigenvalue weighted by Crippen LogP contribution is -2.43. The second kappa shape index (κ2) is 13.3. The molecule has 3 aromatic rings. The zero-order chi connectivity index (χ0) is 27.0. The van der Waals surface area contributed by atoms with Crippen LogP contribution in [0.4, 0.5) is 0 Å².